The zero-order chi connectivity index (χ0) is 8.10. The third-order valence-electron chi connectivity index (χ3n) is 2.69. The summed E-state index contributed by atoms with van der Waals surface area (Å²) in [5.41, 5.74) is 0. The van der Waals surface area contributed by atoms with E-state index in [1.807, 2.05) is 0 Å². The third-order valence-corrected chi connectivity index (χ3v) is 2.69. The Labute approximate surface area is 69.8 Å². The van der Waals surface area contributed by atoms with Crippen molar-refractivity contribution in [2.75, 3.05) is 0 Å². The minimum absolute atomic E-state index is 0. The molecule has 0 aromatic rings. The molecule has 1 N–H and O–H groups in total. The summed E-state index contributed by atoms with van der Waals surface area (Å²) in [5, 5.41) is 2.83. The maximum absolute atomic E-state index is 10.1. The van der Waals surface area contributed by atoms with E-state index in [1.54, 1.807) is 0 Å². The average Bonchev–Trinajstić information content (AvgIpc) is 2.07. The van der Waals surface area contributed by atoms with Crippen molar-refractivity contribution in [3.8, 4) is 0 Å². The van der Waals surface area contributed by atoms with E-state index in [4.69, 9.17) is 0 Å². The smallest absolute Gasteiger partial charge is 0.207 e. The fraction of sp³-hybridized carbons (Fsp3) is 0.889. The van der Waals surface area contributed by atoms with Crippen molar-refractivity contribution in [3.63, 3.8) is 0 Å². The van der Waals surface area contributed by atoms with Gasteiger partial charge in [-0.3, -0.25) is 4.79 Å². The Bertz CT molecular complexity index is 124. The highest BCUT2D eigenvalue weighted by atomic mass is 16.1. The molecule has 0 aromatic carbocycles. The Morgan fingerprint density at radius 1 is 1.45 bits per heavy atom. The quantitative estimate of drug-likeness (QED) is 0.623. The van der Waals surface area contributed by atoms with Gasteiger partial charge in [0.1, 0.15) is 0 Å². The summed E-state index contributed by atoms with van der Waals surface area (Å²) in [5.74, 6) is 0.731. The lowest BCUT2D eigenvalue weighted by atomic mass is 9.85. The molecule has 1 amide bonds. The van der Waals surface area contributed by atoms with E-state index < -0.39 is 0 Å². The number of carbonyl (C=O) groups is 1. The molecule has 2 heteroatoms. The molecule has 0 spiro atoms. The molecule has 0 bridgehead atoms. The van der Waals surface area contributed by atoms with Crippen LogP contribution in [0.1, 0.15) is 40.5 Å². The minimum atomic E-state index is 0. The zero-order valence-electron chi connectivity index (χ0n) is 7.18. The van der Waals surface area contributed by atoms with Crippen LogP contribution in [-0.4, -0.2) is 12.5 Å². The molecule has 0 saturated heterocycles. The number of amides is 1. The molecular weight excluding hydrogens is 138 g/mol. The minimum Gasteiger partial charge on any atom is -0.356 e. The lowest BCUT2D eigenvalue weighted by Gasteiger charge is -2.26. The van der Waals surface area contributed by atoms with Crippen molar-refractivity contribution in [2.45, 2.75) is 45.1 Å². The molecular formula is C9H19NO. The second-order valence-corrected chi connectivity index (χ2v) is 3.47. The SMILES string of the molecule is C[C@@H](NC=O)C1CCCCC1.[HH]. The predicted octanol–water partition coefficient (Wildman–Crippen LogP) is 1.95. The summed E-state index contributed by atoms with van der Waals surface area (Å²) in [6.45, 7) is 2.10. The van der Waals surface area contributed by atoms with Crippen LogP contribution in [0.2, 0.25) is 0 Å². The fourth-order valence-corrected chi connectivity index (χ4v) is 1.88. The second kappa shape index (κ2) is 4.37. The number of hydrogen-bond acceptors (Lipinski definition) is 1. The number of rotatable bonds is 3. The van der Waals surface area contributed by atoms with E-state index in [-0.39, 0.29) is 1.43 Å². The van der Waals surface area contributed by atoms with Crippen LogP contribution in [0.4, 0.5) is 0 Å². The highest BCUT2D eigenvalue weighted by molar-refractivity contribution is 5.46. The summed E-state index contributed by atoms with van der Waals surface area (Å²) >= 11 is 0. The summed E-state index contributed by atoms with van der Waals surface area (Å²) in [4.78, 5) is 10.1. The summed E-state index contributed by atoms with van der Waals surface area (Å²) in [7, 11) is 0. The van der Waals surface area contributed by atoms with Gasteiger partial charge in [0.2, 0.25) is 6.41 Å². The van der Waals surface area contributed by atoms with Crippen LogP contribution in [0.5, 0.6) is 0 Å². The standard InChI is InChI=1S/C9H17NO.H2/c1-8(10-7-11)9-5-3-2-4-6-9;/h7-9H,2-6H2,1H3,(H,10,11);1H/t8-;/m1./s1. The van der Waals surface area contributed by atoms with Gasteiger partial charge in [-0.15, -0.1) is 0 Å². The molecule has 0 unspecified atom stereocenters. The largest absolute Gasteiger partial charge is 0.356 e. The van der Waals surface area contributed by atoms with Crippen molar-refractivity contribution in [3.05, 3.63) is 0 Å². The first-order valence-corrected chi connectivity index (χ1v) is 4.54. The third kappa shape index (κ3) is 2.52. The highest BCUT2D eigenvalue weighted by Crippen LogP contribution is 2.25. The first-order valence-electron chi connectivity index (χ1n) is 4.54. The molecule has 66 valence electrons. The number of nitrogens with one attached hydrogen (secondary N) is 1. The van der Waals surface area contributed by atoms with Gasteiger partial charge in [-0.2, -0.15) is 0 Å². The summed E-state index contributed by atoms with van der Waals surface area (Å²) in [6, 6.07) is 0.382. The van der Waals surface area contributed by atoms with Gasteiger partial charge in [-0.05, 0) is 25.7 Å². The molecule has 2 nitrogen and oxygen atoms in total. The van der Waals surface area contributed by atoms with Gasteiger partial charge < -0.3 is 5.32 Å². The molecule has 1 rings (SSSR count). The van der Waals surface area contributed by atoms with E-state index in [0.29, 0.717) is 6.04 Å². The molecule has 1 aliphatic carbocycles. The Kier molecular flexibility index (Phi) is 3.40. The molecule has 1 atom stereocenters. The Balaban J connectivity index is 0.00000121. The highest BCUT2D eigenvalue weighted by Gasteiger charge is 2.18. The normalized spacial score (nSPS) is 22.6. The van der Waals surface area contributed by atoms with E-state index in [9.17, 15) is 4.79 Å². The van der Waals surface area contributed by atoms with Crippen LogP contribution in [0, 0.1) is 5.92 Å². The van der Waals surface area contributed by atoms with Gasteiger partial charge in [-0.25, -0.2) is 0 Å². The average molecular weight is 157 g/mol. The Morgan fingerprint density at radius 3 is 2.64 bits per heavy atom. The Morgan fingerprint density at radius 2 is 2.09 bits per heavy atom. The van der Waals surface area contributed by atoms with Crippen LogP contribution in [0.15, 0.2) is 0 Å². The van der Waals surface area contributed by atoms with E-state index in [2.05, 4.69) is 12.2 Å². The van der Waals surface area contributed by atoms with E-state index >= 15 is 0 Å². The lowest BCUT2D eigenvalue weighted by Crippen LogP contribution is -2.33. The fourth-order valence-electron chi connectivity index (χ4n) is 1.88. The van der Waals surface area contributed by atoms with Gasteiger partial charge in [0, 0.05) is 7.47 Å². The van der Waals surface area contributed by atoms with Crippen LogP contribution < -0.4 is 5.32 Å². The predicted molar refractivity (Wildman–Crippen MR) is 47.4 cm³/mol. The van der Waals surface area contributed by atoms with E-state index in [1.165, 1.54) is 32.1 Å². The first kappa shape index (κ1) is 8.57. The lowest BCUT2D eigenvalue weighted by molar-refractivity contribution is -0.110. The van der Waals surface area contributed by atoms with Crippen molar-refractivity contribution in [1.82, 2.24) is 5.32 Å². The van der Waals surface area contributed by atoms with Crippen LogP contribution in [0.25, 0.3) is 0 Å². The van der Waals surface area contributed by atoms with Crippen molar-refractivity contribution < 1.29 is 6.22 Å². The van der Waals surface area contributed by atoms with Gasteiger partial charge in [0.15, 0.2) is 0 Å². The van der Waals surface area contributed by atoms with Crippen molar-refractivity contribution >= 4 is 6.41 Å². The molecule has 1 saturated carbocycles. The van der Waals surface area contributed by atoms with Crippen LogP contribution >= 0.6 is 0 Å². The summed E-state index contributed by atoms with van der Waals surface area (Å²) < 4.78 is 0. The van der Waals surface area contributed by atoms with E-state index in [0.717, 1.165) is 12.3 Å². The van der Waals surface area contributed by atoms with Crippen LogP contribution in [-0.2, 0) is 4.79 Å². The van der Waals surface area contributed by atoms with Gasteiger partial charge in [0.25, 0.3) is 0 Å². The van der Waals surface area contributed by atoms with Crippen LogP contribution in [0.3, 0.4) is 0 Å². The van der Waals surface area contributed by atoms with Crippen molar-refractivity contribution in [2.24, 2.45) is 5.92 Å². The Hall–Kier alpha value is -0.530. The first-order chi connectivity index (χ1) is 5.34. The second-order valence-electron chi connectivity index (χ2n) is 3.47. The molecule has 11 heavy (non-hydrogen) atoms. The molecule has 1 aliphatic rings. The van der Waals surface area contributed by atoms with Crippen molar-refractivity contribution in [1.29, 1.82) is 0 Å². The van der Waals surface area contributed by atoms with Gasteiger partial charge in [-0.1, -0.05) is 19.3 Å². The molecule has 0 aliphatic heterocycles. The number of hydrogen-bond donors (Lipinski definition) is 1. The molecule has 1 fully saturated rings. The maximum Gasteiger partial charge on any atom is 0.207 e. The monoisotopic (exact) mass is 157 g/mol. The topological polar surface area (TPSA) is 29.1 Å². The molecule has 0 heterocycles. The number of carbonyl (C=O) groups excluding carboxylic acids is 1. The molecule has 0 radical (unpaired) electrons. The maximum atomic E-state index is 10.1. The molecule has 0 aromatic heterocycles. The zero-order valence-corrected chi connectivity index (χ0v) is 7.18. The van der Waals surface area contributed by atoms with Gasteiger partial charge >= 0.3 is 0 Å². The van der Waals surface area contributed by atoms with Gasteiger partial charge in [0.05, 0.1) is 0 Å². The summed E-state index contributed by atoms with van der Waals surface area (Å²) in [6.07, 6.45) is 7.47.